The van der Waals surface area contributed by atoms with Crippen molar-refractivity contribution in [2.75, 3.05) is 24.5 Å². The molecule has 3 aromatic heterocycles. The molecule has 0 bridgehead atoms. The average Bonchev–Trinajstić information content (AvgIpc) is 3.62. The second-order valence-electron chi connectivity index (χ2n) is 11.4. The van der Waals surface area contributed by atoms with Gasteiger partial charge in [-0.05, 0) is 56.2 Å². The molecule has 6 rings (SSSR count). The maximum atomic E-state index is 14.8. The molecule has 11 nitrogen and oxygen atoms in total. The van der Waals surface area contributed by atoms with Gasteiger partial charge in [-0.25, -0.2) is 19.6 Å². The molecule has 2 fully saturated rings. The van der Waals surface area contributed by atoms with Gasteiger partial charge in [0.15, 0.2) is 0 Å². The Balaban J connectivity index is 1.30. The SMILES string of the molecule is Cc1ccn(-c2cc(-c3cncnc3)ccc2[C@@H](Oc2cc(N3CCC4(CC3)CNC(C(=O)O)C4)nc(C)n2)C(F)(F)F)n1. The molecule has 0 radical (unpaired) electrons. The smallest absolute Gasteiger partial charge is 0.429 e. The van der Waals surface area contributed by atoms with Crippen molar-refractivity contribution in [2.24, 2.45) is 5.41 Å². The van der Waals surface area contributed by atoms with E-state index in [0.717, 1.165) is 12.8 Å². The number of ether oxygens (including phenoxy) is 1. The number of aryl methyl sites for hydroxylation is 2. The summed E-state index contributed by atoms with van der Waals surface area (Å²) in [7, 11) is 0. The molecule has 0 aliphatic carbocycles. The normalized spacial score (nSPS) is 18.8. The fourth-order valence-electron chi connectivity index (χ4n) is 6.00. The molecule has 1 unspecified atom stereocenters. The lowest BCUT2D eigenvalue weighted by Crippen LogP contribution is -2.41. The number of anilines is 1. The summed E-state index contributed by atoms with van der Waals surface area (Å²) in [4.78, 5) is 30.2. The molecule has 1 aromatic carbocycles. The van der Waals surface area contributed by atoms with Crippen molar-refractivity contribution in [3.8, 4) is 22.7 Å². The van der Waals surface area contributed by atoms with Gasteiger partial charge in [0, 0.05) is 55.4 Å². The Morgan fingerprint density at radius 1 is 1.09 bits per heavy atom. The van der Waals surface area contributed by atoms with Crippen LogP contribution in [0.15, 0.2) is 55.2 Å². The molecule has 44 heavy (non-hydrogen) atoms. The minimum absolute atomic E-state index is 0.123. The number of alkyl halides is 3. The Kier molecular flexibility index (Phi) is 7.70. The lowest BCUT2D eigenvalue weighted by Gasteiger charge is -2.39. The number of aromatic nitrogens is 6. The van der Waals surface area contributed by atoms with Crippen molar-refractivity contribution in [3.05, 3.63) is 72.3 Å². The molecular formula is C30H31F3N8O3. The number of nitrogens with one attached hydrogen (secondary N) is 1. The molecule has 0 amide bonds. The summed E-state index contributed by atoms with van der Waals surface area (Å²) in [6, 6.07) is 7.14. The van der Waals surface area contributed by atoms with Crippen LogP contribution in [-0.2, 0) is 4.79 Å². The van der Waals surface area contributed by atoms with Crippen LogP contribution in [0.5, 0.6) is 5.88 Å². The van der Waals surface area contributed by atoms with Gasteiger partial charge in [0.05, 0.1) is 11.4 Å². The monoisotopic (exact) mass is 608 g/mol. The summed E-state index contributed by atoms with van der Waals surface area (Å²) in [5.74, 6) is -0.320. The van der Waals surface area contributed by atoms with Crippen molar-refractivity contribution in [1.82, 2.24) is 35.0 Å². The number of aliphatic carboxylic acids is 1. The predicted molar refractivity (Wildman–Crippen MR) is 153 cm³/mol. The van der Waals surface area contributed by atoms with Gasteiger partial charge in [-0.1, -0.05) is 12.1 Å². The van der Waals surface area contributed by atoms with Crippen LogP contribution in [-0.4, -0.2) is 72.6 Å². The quantitative estimate of drug-likeness (QED) is 0.310. The number of nitrogens with zero attached hydrogens (tertiary/aromatic N) is 7. The van der Waals surface area contributed by atoms with Crippen LogP contribution in [0.3, 0.4) is 0 Å². The van der Waals surface area contributed by atoms with Crippen LogP contribution in [0.25, 0.3) is 16.8 Å². The van der Waals surface area contributed by atoms with Crippen molar-refractivity contribution in [1.29, 1.82) is 0 Å². The van der Waals surface area contributed by atoms with E-state index in [9.17, 15) is 23.1 Å². The number of hydrogen-bond acceptors (Lipinski definition) is 9. The Hall–Kier alpha value is -4.59. The molecule has 2 N–H and O–H groups in total. The van der Waals surface area contributed by atoms with Gasteiger partial charge in [0.2, 0.25) is 12.0 Å². The Morgan fingerprint density at radius 3 is 2.48 bits per heavy atom. The number of halogens is 3. The predicted octanol–water partition coefficient (Wildman–Crippen LogP) is 4.45. The van der Waals surface area contributed by atoms with Crippen LogP contribution >= 0.6 is 0 Å². The van der Waals surface area contributed by atoms with Gasteiger partial charge in [-0.15, -0.1) is 0 Å². The summed E-state index contributed by atoms with van der Waals surface area (Å²) in [6.07, 6.45) is 1.02. The van der Waals surface area contributed by atoms with E-state index in [1.54, 1.807) is 50.6 Å². The van der Waals surface area contributed by atoms with E-state index < -0.39 is 24.3 Å². The zero-order valence-electron chi connectivity index (χ0n) is 24.1. The van der Waals surface area contributed by atoms with Crippen molar-refractivity contribution < 1.29 is 27.8 Å². The zero-order valence-corrected chi connectivity index (χ0v) is 24.1. The van der Waals surface area contributed by atoms with E-state index in [2.05, 4.69) is 30.4 Å². The van der Waals surface area contributed by atoms with Gasteiger partial charge in [0.25, 0.3) is 0 Å². The minimum atomic E-state index is -4.79. The van der Waals surface area contributed by atoms with E-state index >= 15 is 0 Å². The lowest BCUT2D eigenvalue weighted by atomic mass is 9.76. The Morgan fingerprint density at radius 2 is 1.84 bits per heavy atom. The maximum absolute atomic E-state index is 14.8. The largest absolute Gasteiger partial charge is 0.480 e. The Bertz CT molecular complexity index is 1650. The number of carbonyl (C=O) groups is 1. The highest BCUT2D eigenvalue weighted by Gasteiger charge is 2.46. The number of carboxylic acid groups (broad SMARTS) is 1. The molecule has 14 heteroatoms. The highest BCUT2D eigenvalue weighted by Crippen LogP contribution is 2.42. The molecule has 2 aliphatic heterocycles. The average molecular weight is 609 g/mol. The first-order valence-electron chi connectivity index (χ1n) is 14.2. The van der Waals surface area contributed by atoms with Crippen molar-refractivity contribution >= 4 is 11.8 Å². The van der Waals surface area contributed by atoms with Gasteiger partial charge < -0.3 is 20.1 Å². The highest BCUT2D eigenvalue weighted by molar-refractivity contribution is 5.74. The van der Waals surface area contributed by atoms with Gasteiger partial charge >= 0.3 is 12.1 Å². The third-order valence-corrected chi connectivity index (χ3v) is 8.32. The molecule has 230 valence electrons. The fraction of sp³-hybridized carbons (Fsp3) is 0.400. The number of piperidine rings is 1. The highest BCUT2D eigenvalue weighted by atomic mass is 19.4. The molecule has 4 aromatic rings. The minimum Gasteiger partial charge on any atom is -0.480 e. The van der Waals surface area contributed by atoms with Crippen molar-refractivity contribution in [3.63, 3.8) is 0 Å². The van der Waals surface area contributed by atoms with E-state index in [1.165, 1.54) is 23.1 Å². The molecule has 2 saturated heterocycles. The van der Waals surface area contributed by atoms with Gasteiger partial charge in [-0.2, -0.15) is 23.3 Å². The summed E-state index contributed by atoms with van der Waals surface area (Å²) in [5.41, 5.74) is 1.83. The van der Waals surface area contributed by atoms with Crippen LogP contribution < -0.4 is 15.0 Å². The van der Waals surface area contributed by atoms with Gasteiger partial charge in [-0.3, -0.25) is 4.79 Å². The van der Waals surface area contributed by atoms with E-state index in [-0.39, 0.29) is 28.4 Å². The fourth-order valence-corrected chi connectivity index (χ4v) is 6.00. The number of benzene rings is 1. The third-order valence-electron chi connectivity index (χ3n) is 8.32. The van der Waals surface area contributed by atoms with E-state index in [1.807, 2.05) is 4.90 Å². The number of carboxylic acids is 1. The maximum Gasteiger partial charge on any atom is 0.429 e. The molecule has 0 saturated carbocycles. The molecule has 2 aliphatic rings. The molecular weight excluding hydrogens is 577 g/mol. The Labute approximate surface area is 251 Å². The summed E-state index contributed by atoms with van der Waals surface area (Å²) < 4.78 is 51.3. The number of hydrogen-bond donors (Lipinski definition) is 2. The summed E-state index contributed by atoms with van der Waals surface area (Å²) >= 11 is 0. The zero-order chi connectivity index (χ0) is 31.1. The lowest BCUT2D eigenvalue weighted by molar-refractivity contribution is -0.198. The summed E-state index contributed by atoms with van der Waals surface area (Å²) in [6.45, 7) is 5.15. The molecule has 2 atom stereocenters. The first-order valence-corrected chi connectivity index (χ1v) is 14.2. The van der Waals surface area contributed by atoms with E-state index in [4.69, 9.17) is 4.74 Å². The second-order valence-corrected chi connectivity index (χ2v) is 11.4. The van der Waals surface area contributed by atoms with Crippen LogP contribution in [0.1, 0.15) is 42.4 Å². The molecule has 1 spiro atoms. The standard InChI is InChI=1S/C30H31F3N8O3/c1-18-5-8-41(39-18)24-11-20(21-14-34-17-35-15-21)3-4-22(24)27(30(31,32)33)44-26-12-25(37-19(2)38-26)40-9-6-29(7-10-40)13-23(28(42)43)36-16-29/h3-5,8,11-12,14-15,17,23,27,36H,6-7,9-10,13,16H2,1-2H3,(H,42,43)/t23?,27-/m1/s1. The molecule has 5 heterocycles. The first kappa shape index (κ1) is 29.5. The van der Waals surface area contributed by atoms with Gasteiger partial charge in [0.1, 0.15) is 24.0 Å². The topological polar surface area (TPSA) is 131 Å². The first-order chi connectivity index (χ1) is 21.0. The van der Waals surface area contributed by atoms with Crippen LogP contribution in [0.4, 0.5) is 19.0 Å². The van der Waals surface area contributed by atoms with Crippen LogP contribution in [0, 0.1) is 19.3 Å². The summed E-state index contributed by atoms with van der Waals surface area (Å²) in [5, 5.41) is 16.8. The van der Waals surface area contributed by atoms with E-state index in [0.29, 0.717) is 48.7 Å². The second kappa shape index (κ2) is 11.5. The third kappa shape index (κ3) is 6.07. The van der Waals surface area contributed by atoms with Crippen molar-refractivity contribution in [2.45, 2.75) is 51.4 Å². The van der Waals surface area contributed by atoms with Crippen LogP contribution in [0.2, 0.25) is 0 Å². The number of rotatable bonds is 7.